The second kappa shape index (κ2) is 7.70. The molecule has 25 heavy (non-hydrogen) atoms. The molecular weight excluding hydrogens is 338 g/mol. The molecule has 0 N–H and O–H groups in total. The van der Waals surface area contributed by atoms with Gasteiger partial charge in [0.05, 0.1) is 23.3 Å². The molecule has 2 aromatic carbocycles. The lowest BCUT2D eigenvalue weighted by Crippen LogP contribution is -2.42. The van der Waals surface area contributed by atoms with Crippen LogP contribution in [0.4, 0.5) is 0 Å². The van der Waals surface area contributed by atoms with E-state index in [1.807, 2.05) is 12.1 Å². The van der Waals surface area contributed by atoms with Crippen molar-refractivity contribution in [1.82, 2.24) is 4.90 Å². The first-order valence-corrected chi connectivity index (χ1v) is 8.70. The Balaban J connectivity index is 1.78. The Morgan fingerprint density at radius 1 is 1.08 bits per heavy atom. The molecule has 130 valence electrons. The summed E-state index contributed by atoms with van der Waals surface area (Å²) in [6.07, 6.45) is 1.56. The standard InChI is InChI=1S/C20H20ClNO3/c1-25-18-11-5-3-9-16(18)19(23)14-7-6-12-22(13-14)20(24)15-8-2-4-10-17(15)21/h2-5,8-11,14H,6-7,12-13H2,1H3/t14-/m0/s1. The summed E-state index contributed by atoms with van der Waals surface area (Å²) in [7, 11) is 1.56. The molecular formula is C20H20ClNO3. The largest absolute Gasteiger partial charge is 0.496 e. The fourth-order valence-corrected chi connectivity index (χ4v) is 3.47. The average Bonchev–Trinajstić information content (AvgIpc) is 2.67. The Morgan fingerprint density at radius 2 is 1.76 bits per heavy atom. The number of ketones is 1. The van der Waals surface area contributed by atoms with E-state index >= 15 is 0 Å². The molecule has 1 fully saturated rings. The van der Waals surface area contributed by atoms with Crippen molar-refractivity contribution in [3.8, 4) is 5.75 Å². The number of halogens is 1. The summed E-state index contributed by atoms with van der Waals surface area (Å²) in [4.78, 5) is 27.4. The minimum absolute atomic E-state index is 0.0223. The van der Waals surface area contributed by atoms with Gasteiger partial charge in [0.15, 0.2) is 5.78 Å². The van der Waals surface area contributed by atoms with Gasteiger partial charge in [-0.25, -0.2) is 0 Å². The van der Waals surface area contributed by atoms with Crippen LogP contribution in [0.3, 0.4) is 0 Å². The van der Waals surface area contributed by atoms with Crippen LogP contribution in [0.2, 0.25) is 5.02 Å². The second-order valence-electron chi connectivity index (χ2n) is 6.13. The molecule has 0 unspecified atom stereocenters. The first-order valence-electron chi connectivity index (χ1n) is 8.33. The minimum Gasteiger partial charge on any atom is -0.496 e. The SMILES string of the molecule is COc1ccccc1C(=O)[C@H]1CCCN(C(=O)c2ccccc2Cl)C1. The molecule has 0 bridgehead atoms. The van der Waals surface area contributed by atoms with E-state index < -0.39 is 0 Å². The zero-order valence-electron chi connectivity index (χ0n) is 14.1. The molecule has 1 amide bonds. The number of amides is 1. The topological polar surface area (TPSA) is 46.6 Å². The first-order chi connectivity index (χ1) is 12.1. The number of hydrogen-bond donors (Lipinski definition) is 0. The van der Waals surface area contributed by atoms with Gasteiger partial charge in [0.25, 0.3) is 5.91 Å². The number of nitrogens with zero attached hydrogens (tertiary/aromatic N) is 1. The van der Waals surface area contributed by atoms with Crippen LogP contribution < -0.4 is 4.74 Å². The number of Topliss-reactive ketones (excluding diaryl/α,β-unsaturated/α-hetero) is 1. The van der Waals surface area contributed by atoms with Crippen molar-refractivity contribution in [2.24, 2.45) is 5.92 Å². The van der Waals surface area contributed by atoms with Gasteiger partial charge < -0.3 is 9.64 Å². The highest BCUT2D eigenvalue weighted by Crippen LogP contribution is 2.27. The summed E-state index contributed by atoms with van der Waals surface area (Å²) in [5.74, 6) is 0.246. The Kier molecular flexibility index (Phi) is 5.39. The molecule has 5 heteroatoms. The van der Waals surface area contributed by atoms with Crippen LogP contribution in [0.5, 0.6) is 5.75 Å². The van der Waals surface area contributed by atoms with Crippen molar-refractivity contribution < 1.29 is 14.3 Å². The fourth-order valence-electron chi connectivity index (χ4n) is 3.25. The van der Waals surface area contributed by atoms with E-state index in [-0.39, 0.29) is 17.6 Å². The molecule has 0 spiro atoms. The Morgan fingerprint density at radius 3 is 2.48 bits per heavy atom. The van der Waals surface area contributed by atoms with Crippen LogP contribution in [0.15, 0.2) is 48.5 Å². The summed E-state index contributed by atoms with van der Waals surface area (Å²) in [5.41, 5.74) is 1.05. The summed E-state index contributed by atoms with van der Waals surface area (Å²) >= 11 is 6.14. The van der Waals surface area contributed by atoms with Gasteiger partial charge in [0.1, 0.15) is 5.75 Å². The van der Waals surface area contributed by atoms with Crippen molar-refractivity contribution in [2.45, 2.75) is 12.8 Å². The fraction of sp³-hybridized carbons (Fsp3) is 0.300. The van der Waals surface area contributed by atoms with Crippen LogP contribution in [-0.2, 0) is 0 Å². The number of benzene rings is 2. The number of rotatable bonds is 4. The van der Waals surface area contributed by atoms with Crippen molar-refractivity contribution in [3.05, 3.63) is 64.7 Å². The maximum Gasteiger partial charge on any atom is 0.255 e. The smallest absolute Gasteiger partial charge is 0.255 e. The molecule has 3 rings (SSSR count). The van der Waals surface area contributed by atoms with Crippen LogP contribution in [-0.4, -0.2) is 36.8 Å². The van der Waals surface area contributed by atoms with E-state index in [2.05, 4.69) is 0 Å². The minimum atomic E-state index is -0.225. The summed E-state index contributed by atoms with van der Waals surface area (Å²) in [6, 6.07) is 14.2. The monoisotopic (exact) mass is 357 g/mol. The van der Waals surface area contributed by atoms with E-state index in [1.165, 1.54) is 0 Å². The second-order valence-corrected chi connectivity index (χ2v) is 6.54. The molecule has 0 radical (unpaired) electrons. The number of carbonyl (C=O) groups is 2. The summed E-state index contributed by atoms with van der Waals surface area (Å²) in [6.45, 7) is 1.04. The van der Waals surface area contributed by atoms with E-state index in [0.29, 0.717) is 35.0 Å². The molecule has 1 heterocycles. The number of carbonyl (C=O) groups excluding carboxylic acids is 2. The third-order valence-corrected chi connectivity index (χ3v) is 4.89. The van der Waals surface area contributed by atoms with Crippen molar-refractivity contribution >= 4 is 23.3 Å². The number of piperidine rings is 1. The number of methoxy groups -OCH3 is 1. The molecule has 1 saturated heterocycles. The number of hydrogen-bond acceptors (Lipinski definition) is 3. The quantitative estimate of drug-likeness (QED) is 0.774. The van der Waals surface area contributed by atoms with Crippen LogP contribution >= 0.6 is 11.6 Å². The highest BCUT2D eigenvalue weighted by atomic mass is 35.5. The maximum absolute atomic E-state index is 12.9. The molecule has 2 aromatic rings. The maximum atomic E-state index is 12.9. The van der Waals surface area contributed by atoms with E-state index in [1.54, 1.807) is 48.4 Å². The van der Waals surface area contributed by atoms with E-state index in [9.17, 15) is 9.59 Å². The third kappa shape index (κ3) is 3.69. The lowest BCUT2D eigenvalue weighted by molar-refractivity contribution is 0.0636. The number of ether oxygens (including phenoxy) is 1. The van der Waals surface area contributed by atoms with E-state index in [4.69, 9.17) is 16.3 Å². The molecule has 1 aliphatic rings. The number of likely N-dealkylation sites (tertiary alicyclic amines) is 1. The lowest BCUT2D eigenvalue weighted by atomic mass is 9.89. The van der Waals surface area contributed by atoms with Gasteiger partial charge in [-0.2, -0.15) is 0 Å². The van der Waals surface area contributed by atoms with Crippen LogP contribution in [0.1, 0.15) is 33.6 Å². The van der Waals surface area contributed by atoms with Crippen LogP contribution in [0.25, 0.3) is 0 Å². The Labute approximate surface area is 152 Å². The van der Waals surface area contributed by atoms with Gasteiger partial charge in [-0.15, -0.1) is 0 Å². The molecule has 0 aliphatic carbocycles. The highest BCUT2D eigenvalue weighted by molar-refractivity contribution is 6.33. The summed E-state index contributed by atoms with van der Waals surface area (Å²) in [5, 5.41) is 0.436. The van der Waals surface area contributed by atoms with Gasteiger partial charge in [-0.3, -0.25) is 9.59 Å². The lowest BCUT2D eigenvalue weighted by Gasteiger charge is -2.32. The van der Waals surface area contributed by atoms with Gasteiger partial charge >= 0.3 is 0 Å². The molecule has 0 aromatic heterocycles. The van der Waals surface area contributed by atoms with Gasteiger partial charge in [-0.05, 0) is 37.1 Å². The molecule has 1 aliphatic heterocycles. The van der Waals surface area contributed by atoms with Gasteiger partial charge in [0.2, 0.25) is 0 Å². The van der Waals surface area contributed by atoms with Crippen molar-refractivity contribution in [1.29, 1.82) is 0 Å². The predicted octanol–water partition coefficient (Wildman–Crippen LogP) is 4.08. The Bertz CT molecular complexity index is 790. The van der Waals surface area contributed by atoms with Gasteiger partial charge in [0, 0.05) is 19.0 Å². The molecule has 4 nitrogen and oxygen atoms in total. The zero-order chi connectivity index (χ0) is 17.8. The predicted molar refractivity (Wildman–Crippen MR) is 97.4 cm³/mol. The van der Waals surface area contributed by atoms with Crippen LogP contribution in [0, 0.1) is 5.92 Å². The van der Waals surface area contributed by atoms with E-state index in [0.717, 1.165) is 12.8 Å². The molecule has 0 saturated carbocycles. The van der Waals surface area contributed by atoms with Crippen molar-refractivity contribution in [3.63, 3.8) is 0 Å². The normalized spacial score (nSPS) is 17.2. The zero-order valence-corrected chi connectivity index (χ0v) is 14.8. The van der Waals surface area contributed by atoms with Gasteiger partial charge in [-0.1, -0.05) is 35.9 Å². The van der Waals surface area contributed by atoms with Crippen molar-refractivity contribution in [2.75, 3.05) is 20.2 Å². The highest BCUT2D eigenvalue weighted by Gasteiger charge is 2.31. The average molecular weight is 358 g/mol. The Hall–Kier alpha value is -2.33. The summed E-state index contributed by atoms with van der Waals surface area (Å²) < 4.78 is 5.30. The first kappa shape index (κ1) is 17.5. The molecule has 1 atom stereocenters. The third-order valence-electron chi connectivity index (χ3n) is 4.56. The number of para-hydroxylation sites is 1.